The van der Waals surface area contributed by atoms with Gasteiger partial charge < -0.3 is 10.2 Å². The van der Waals surface area contributed by atoms with Gasteiger partial charge in [0.25, 0.3) is 10.0 Å². The summed E-state index contributed by atoms with van der Waals surface area (Å²) in [5.41, 5.74) is 0.697. The van der Waals surface area contributed by atoms with Gasteiger partial charge in [-0.1, -0.05) is 0 Å². The zero-order valence-corrected chi connectivity index (χ0v) is 13.5. The first-order chi connectivity index (χ1) is 9.99. The Balaban J connectivity index is 1.82. The van der Waals surface area contributed by atoms with E-state index in [-0.39, 0.29) is 5.03 Å². The number of aromatic amines is 1. The summed E-state index contributed by atoms with van der Waals surface area (Å²) in [6.45, 7) is 1.95. The quantitative estimate of drug-likeness (QED) is 0.540. The summed E-state index contributed by atoms with van der Waals surface area (Å²) in [6, 6.07) is 0.537. The average Bonchev–Trinajstić information content (AvgIpc) is 3.11. The number of hydrogen-bond donors (Lipinski definition) is 3. The molecular formula is C13H25N5O2S. The summed E-state index contributed by atoms with van der Waals surface area (Å²) in [7, 11) is 0.518. The van der Waals surface area contributed by atoms with Gasteiger partial charge in [0.1, 0.15) is 0 Å². The first-order valence-electron chi connectivity index (χ1n) is 7.39. The van der Waals surface area contributed by atoms with E-state index in [0.717, 1.165) is 19.4 Å². The second-order valence-corrected chi connectivity index (χ2v) is 7.49. The van der Waals surface area contributed by atoms with Crippen LogP contribution in [-0.2, 0) is 16.6 Å². The van der Waals surface area contributed by atoms with Gasteiger partial charge in [-0.2, -0.15) is 5.10 Å². The lowest BCUT2D eigenvalue weighted by Gasteiger charge is -2.10. The number of unbranched alkanes of at least 4 members (excludes halogenated alkanes) is 1. The van der Waals surface area contributed by atoms with Gasteiger partial charge in [-0.3, -0.25) is 5.10 Å². The highest BCUT2D eigenvalue weighted by atomic mass is 32.2. The van der Waals surface area contributed by atoms with Gasteiger partial charge in [0, 0.05) is 24.7 Å². The molecular weight excluding hydrogens is 290 g/mol. The van der Waals surface area contributed by atoms with Crippen LogP contribution in [0.15, 0.2) is 11.2 Å². The zero-order chi connectivity index (χ0) is 15.3. The van der Waals surface area contributed by atoms with Crippen molar-refractivity contribution >= 4 is 10.0 Å². The molecule has 0 unspecified atom stereocenters. The molecule has 1 aromatic rings. The highest BCUT2D eigenvalue weighted by molar-refractivity contribution is 7.89. The predicted molar refractivity (Wildman–Crippen MR) is 81.4 cm³/mol. The molecule has 8 heteroatoms. The molecule has 0 spiro atoms. The number of aromatic nitrogens is 2. The molecule has 0 bridgehead atoms. The van der Waals surface area contributed by atoms with Crippen LogP contribution in [0.25, 0.3) is 0 Å². The normalized spacial score (nSPS) is 15.8. The van der Waals surface area contributed by atoms with Crippen LogP contribution in [0.1, 0.15) is 31.2 Å². The third-order valence-electron chi connectivity index (χ3n) is 3.43. The Morgan fingerprint density at radius 1 is 1.38 bits per heavy atom. The second-order valence-electron chi connectivity index (χ2n) is 5.79. The molecule has 7 nitrogen and oxygen atoms in total. The summed E-state index contributed by atoms with van der Waals surface area (Å²) in [5.74, 6) is 0. The molecule has 0 aromatic carbocycles. The van der Waals surface area contributed by atoms with Crippen molar-refractivity contribution in [3.8, 4) is 0 Å². The Bertz CT molecular complexity index is 537. The molecule has 1 fully saturated rings. The molecule has 0 radical (unpaired) electrons. The number of nitrogens with zero attached hydrogens (tertiary/aromatic N) is 2. The van der Waals surface area contributed by atoms with Gasteiger partial charge in [0.2, 0.25) is 0 Å². The van der Waals surface area contributed by atoms with Gasteiger partial charge in [-0.15, -0.1) is 0 Å². The van der Waals surface area contributed by atoms with Crippen LogP contribution in [-0.4, -0.2) is 56.7 Å². The Morgan fingerprint density at radius 2 is 2.14 bits per heavy atom. The number of H-pyrrole nitrogens is 1. The van der Waals surface area contributed by atoms with Crippen LogP contribution in [0.2, 0.25) is 0 Å². The molecule has 2 rings (SSSR count). The van der Waals surface area contributed by atoms with E-state index in [2.05, 4.69) is 25.1 Å². The molecule has 3 N–H and O–H groups in total. The van der Waals surface area contributed by atoms with Crippen LogP contribution < -0.4 is 10.0 Å². The van der Waals surface area contributed by atoms with Crippen molar-refractivity contribution in [1.82, 2.24) is 25.1 Å². The van der Waals surface area contributed by atoms with Crippen molar-refractivity contribution in [3.63, 3.8) is 0 Å². The minimum absolute atomic E-state index is 0.184. The number of sulfonamides is 1. The van der Waals surface area contributed by atoms with E-state index >= 15 is 0 Å². The summed E-state index contributed by atoms with van der Waals surface area (Å²) in [5, 5.41) is 9.95. The molecule has 0 amide bonds. The Morgan fingerprint density at radius 3 is 2.81 bits per heavy atom. The molecule has 120 valence electrons. The Kier molecular flexibility index (Phi) is 5.74. The van der Waals surface area contributed by atoms with Crippen molar-refractivity contribution in [2.75, 3.05) is 27.2 Å². The third-order valence-corrected chi connectivity index (χ3v) is 4.90. The summed E-state index contributed by atoms with van der Waals surface area (Å²) < 4.78 is 27.1. The van der Waals surface area contributed by atoms with Gasteiger partial charge >= 0.3 is 0 Å². The first-order valence-corrected chi connectivity index (χ1v) is 8.87. The molecule has 1 aliphatic rings. The van der Waals surface area contributed by atoms with Gasteiger partial charge in [-0.05, 0) is 46.3 Å². The standard InChI is InChI=1S/C13H25N5O2S/c1-18(2)8-4-3-7-16-21(19,20)13-11(10-15-17-13)9-14-12-5-6-12/h10,12,14,16H,3-9H2,1-2H3,(H,15,17). The van der Waals surface area contributed by atoms with Crippen LogP contribution in [0, 0.1) is 0 Å². The highest BCUT2D eigenvalue weighted by Crippen LogP contribution is 2.20. The van der Waals surface area contributed by atoms with E-state index in [0.29, 0.717) is 24.7 Å². The van der Waals surface area contributed by atoms with Gasteiger partial charge in [0.15, 0.2) is 5.03 Å². The van der Waals surface area contributed by atoms with Crippen molar-refractivity contribution in [2.24, 2.45) is 0 Å². The maximum atomic E-state index is 12.3. The lowest BCUT2D eigenvalue weighted by Crippen LogP contribution is -2.27. The fourth-order valence-electron chi connectivity index (χ4n) is 2.03. The van der Waals surface area contributed by atoms with Gasteiger partial charge in [0.05, 0.1) is 6.20 Å². The molecule has 0 atom stereocenters. The van der Waals surface area contributed by atoms with E-state index in [4.69, 9.17) is 0 Å². The third kappa shape index (κ3) is 5.39. The average molecular weight is 315 g/mol. The maximum absolute atomic E-state index is 12.3. The molecule has 0 aliphatic heterocycles. The number of rotatable bonds is 10. The Hall–Kier alpha value is -0.960. The molecule has 21 heavy (non-hydrogen) atoms. The molecule has 1 aromatic heterocycles. The fourth-order valence-corrected chi connectivity index (χ4v) is 3.23. The summed E-state index contributed by atoms with van der Waals surface area (Å²) >= 11 is 0. The summed E-state index contributed by atoms with van der Waals surface area (Å²) in [4.78, 5) is 2.09. The Labute approximate surface area is 126 Å². The van der Waals surface area contributed by atoms with Crippen LogP contribution in [0.3, 0.4) is 0 Å². The van der Waals surface area contributed by atoms with E-state index in [9.17, 15) is 8.42 Å². The van der Waals surface area contributed by atoms with E-state index in [1.54, 1.807) is 6.20 Å². The number of nitrogens with one attached hydrogen (secondary N) is 3. The van der Waals surface area contributed by atoms with Crippen molar-refractivity contribution in [1.29, 1.82) is 0 Å². The predicted octanol–water partition coefficient (Wildman–Crippen LogP) is 0.282. The SMILES string of the molecule is CN(C)CCCCNS(=O)(=O)c1[nH]ncc1CNC1CC1. The van der Waals surface area contributed by atoms with Crippen LogP contribution >= 0.6 is 0 Å². The number of hydrogen-bond acceptors (Lipinski definition) is 5. The second kappa shape index (κ2) is 7.35. The van der Waals surface area contributed by atoms with E-state index < -0.39 is 10.0 Å². The van der Waals surface area contributed by atoms with E-state index in [1.165, 1.54) is 12.8 Å². The monoisotopic (exact) mass is 315 g/mol. The molecule has 1 saturated carbocycles. The zero-order valence-electron chi connectivity index (χ0n) is 12.7. The fraction of sp³-hybridized carbons (Fsp3) is 0.769. The van der Waals surface area contributed by atoms with Crippen molar-refractivity contribution in [2.45, 2.75) is 43.3 Å². The maximum Gasteiger partial charge on any atom is 0.257 e. The first kappa shape index (κ1) is 16.4. The molecule has 1 heterocycles. The molecule has 0 saturated heterocycles. The smallest absolute Gasteiger partial charge is 0.257 e. The summed E-state index contributed by atoms with van der Waals surface area (Å²) in [6.07, 6.45) is 5.71. The van der Waals surface area contributed by atoms with Crippen molar-refractivity contribution in [3.05, 3.63) is 11.8 Å². The van der Waals surface area contributed by atoms with Crippen LogP contribution in [0.4, 0.5) is 0 Å². The van der Waals surface area contributed by atoms with Gasteiger partial charge in [-0.25, -0.2) is 13.1 Å². The largest absolute Gasteiger partial charge is 0.310 e. The van der Waals surface area contributed by atoms with Crippen molar-refractivity contribution < 1.29 is 8.42 Å². The van der Waals surface area contributed by atoms with E-state index in [1.807, 2.05) is 14.1 Å². The topological polar surface area (TPSA) is 90.1 Å². The lowest BCUT2D eigenvalue weighted by atomic mass is 10.3. The highest BCUT2D eigenvalue weighted by Gasteiger charge is 2.24. The minimum Gasteiger partial charge on any atom is -0.310 e. The lowest BCUT2D eigenvalue weighted by molar-refractivity contribution is 0.394. The minimum atomic E-state index is -3.50. The molecule has 1 aliphatic carbocycles. The van der Waals surface area contributed by atoms with Crippen LogP contribution in [0.5, 0.6) is 0 Å².